The minimum atomic E-state index is -0.917. The lowest BCUT2D eigenvalue weighted by atomic mass is 9.89. The fourth-order valence-electron chi connectivity index (χ4n) is 2.53. The zero-order chi connectivity index (χ0) is 11.5. The highest BCUT2D eigenvalue weighted by Gasteiger charge is 2.28. The van der Waals surface area contributed by atoms with Gasteiger partial charge in [0.25, 0.3) is 0 Å². The molecule has 1 N–H and O–H groups in total. The molecule has 2 atom stereocenters. The summed E-state index contributed by atoms with van der Waals surface area (Å²) < 4.78 is 12.7. The summed E-state index contributed by atoms with van der Waals surface area (Å²) in [5, 5.41) is 8.78. The van der Waals surface area contributed by atoms with Gasteiger partial charge in [-0.05, 0) is 42.4 Å². The van der Waals surface area contributed by atoms with Crippen LogP contribution in [0.15, 0.2) is 24.3 Å². The molecule has 16 heavy (non-hydrogen) atoms. The molecule has 1 aliphatic carbocycles. The standard InChI is InChI=1S/C13H15FO2/c14-8-11-2-1-3-12(11)9-4-6-10(7-5-9)13(15)16/h4-7,11-12H,1-3,8H2,(H,15,16). The third kappa shape index (κ3) is 2.08. The van der Waals surface area contributed by atoms with Gasteiger partial charge in [0, 0.05) is 0 Å². The maximum Gasteiger partial charge on any atom is 0.335 e. The van der Waals surface area contributed by atoms with Gasteiger partial charge in [0.15, 0.2) is 0 Å². The molecule has 1 saturated carbocycles. The predicted octanol–water partition coefficient (Wildman–Crippen LogP) is 3.24. The zero-order valence-corrected chi connectivity index (χ0v) is 9.03. The van der Waals surface area contributed by atoms with Crippen LogP contribution >= 0.6 is 0 Å². The summed E-state index contributed by atoms with van der Waals surface area (Å²) >= 11 is 0. The van der Waals surface area contributed by atoms with Gasteiger partial charge in [-0.3, -0.25) is 4.39 Å². The lowest BCUT2D eigenvalue weighted by Crippen LogP contribution is -2.08. The van der Waals surface area contributed by atoms with E-state index in [-0.39, 0.29) is 18.5 Å². The first-order valence-electron chi connectivity index (χ1n) is 5.61. The van der Waals surface area contributed by atoms with Crippen molar-refractivity contribution in [1.82, 2.24) is 0 Å². The lowest BCUT2D eigenvalue weighted by molar-refractivity contribution is 0.0697. The molecule has 0 amide bonds. The second kappa shape index (κ2) is 4.64. The minimum absolute atomic E-state index is 0.121. The van der Waals surface area contributed by atoms with Crippen molar-refractivity contribution in [2.24, 2.45) is 5.92 Å². The number of hydrogen-bond donors (Lipinski definition) is 1. The highest BCUT2D eigenvalue weighted by atomic mass is 19.1. The monoisotopic (exact) mass is 222 g/mol. The summed E-state index contributed by atoms with van der Waals surface area (Å²) in [6, 6.07) is 6.85. The van der Waals surface area contributed by atoms with Crippen molar-refractivity contribution in [2.45, 2.75) is 25.2 Å². The third-order valence-electron chi connectivity index (χ3n) is 3.44. The number of rotatable bonds is 3. The molecule has 0 saturated heterocycles. The summed E-state index contributed by atoms with van der Waals surface area (Å²) in [4.78, 5) is 10.7. The Morgan fingerprint density at radius 3 is 2.56 bits per heavy atom. The van der Waals surface area contributed by atoms with Crippen LogP contribution in [-0.2, 0) is 0 Å². The SMILES string of the molecule is O=C(O)c1ccc(C2CCCC2CF)cc1. The van der Waals surface area contributed by atoms with Gasteiger partial charge in [-0.2, -0.15) is 0 Å². The molecular formula is C13H15FO2. The quantitative estimate of drug-likeness (QED) is 0.852. The van der Waals surface area contributed by atoms with Crippen molar-refractivity contribution in [3.8, 4) is 0 Å². The Kier molecular flexibility index (Phi) is 3.22. The van der Waals surface area contributed by atoms with Crippen molar-refractivity contribution in [1.29, 1.82) is 0 Å². The van der Waals surface area contributed by atoms with E-state index >= 15 is 0 Å². The molecule has 2 unspecified atom stereocenters. The van der Waals surface area contributed by atoms with Crippen LogP contribution in [-0.4, -0.2) is 17.8 Å². The van der Waals surface area contributed by atoms with Crippen LogP contribution in [0, 0.1) is 5.92 Å². The Morgan fingerprint density at radius 1 is 1.31 bits per heavy atom. The van der Waals surface area contributed by atoms with E-state index in [0.717, 1.165) is 24.8 Å². The summed E-state index contributed by atoms with van der Waals surface area (Å²) in [7, 11) is 0. The molecule has 0 spiro atoms. The van der Waals surface area contributed by atoms with Crippen molar-refractivity contribution in [3.63, 3.8) is 0 Å². The van der Waals surface area contributed by atoms with Gasteiger partial charge < -0.3 is 5.11 Å². The van der Waals surface area contributed by atoms with E-state index in [2.05, 4.69) is 0 Å². The molecule has 0 aliphatic heterocycles. The van der Waals surface area contributed by atoms with Gasteiger partial charge >= 0.3 is 5.97 Å². The number of benzene rings is 1. The molecule has 1 aliphatic rings. The maximum absolute atomic E-state index is 12.7. The molecule has 2 rings (SSSR count). The van der Waals surface area contributed by atoms with E-state index in [4.69, 9.17) is 5.11 Å². The van der Waals surface area contributed by atoms with Crippen LogP contribution in [0.5, 0.6) is 0 Å². The van der Waals surface area contributed by atoms with Crippen LogP contribution in [0.25, 0.3) is 0 Å². The Morgan fingerprint density at radius 2 is 2.00 bits per heavy atom. The highest BCUT2D eigenvalue weighted by molar-refractivity contribution is 5.87. The van der Waals surface area contributed by atoms with Gasteiger partial charge in [0.05, 0.1) is 12.2 Å². The maximum atomic E-state index is 12.7. The predicted molar refractivity (Wildman–Crippen MR) is 59.5 cm³/mol. The van der Waals surface area contributed by atoms with Crippen LogP contribution in [0.4, 0.5) is 4.39 Å². The zero-order valence-electron chi connectivity index (χ0n) is 9.03. The average Bonchev–Trinajstić information content (AvgIpc) is 2.77. The first kappa shape index (κ1) is 11.1. The molecule has 1 fully saturated rings. The number of alkyl halides is 1. The molecule has 86 valence electrons. The second-order valence-electron chi connectivity index (χ2n) is 4.38. The molecule has 0 heterocycles. The molecule has 2 nitrogen and oxygen atoms in total. The minimum Gasteiger partial charge on any atom is -0.478 e. The summed E-state index contributed by atoms with van der Waals surface area (Å²) in [6.45, 7) is -0.272. The van der Waals surface area contributed by atoms with Gasteiger partial charge in [0.1, 0.15) is 0 Å². The third-order valence-corrected chi connectivity index (χ3v) is 3.44. The van der Waals surface area contributed by atoms with Gasteiger partial charge in [0.2, 0.25) is 0 Å². The van der Waals surface area contributed by atoms with Crippen molar-refractivity contribution in [3.05, 3.63) is 35.4 Å². The molecule has 3 heteroatoms. The Balaban J connectivity index is 2.18. The van der Waals surface area contributed by atoms with E-state index in [1.165, 1.54) is 0 Å². The smallest absolute Gasteiger partial charge is 0.335 e. The first-order valence-corrected chi connectivity index (χ1v) is 5.61. The summed E-state index contributed by atoms with van der Waals surface area (Å²) in [6.07, 6.45) is 3.03. The Hall–Kier alpha value is -1.38. The lowest BCUT2D eigenvalue weighted by Gasteiger charge is -2.16. The Labute approximate surface area is 94.1 Å². The number of carboxylic acid groups (broad SMARTS) is 1. The van der Waals surface area contributed by atoms with Crippen LogP contribution in [0.1, 0.15) is 41.1 Å². The molecular weight excluding hydrogens is 207 g/mol. The molecule has 0 aromatic heterocycles. The average molecular weight is 222 g/mol. The molecule has 0 radical (unpaired) electrons. The molecule has 1 aromatic rings. The van der Waals surface area contributed by atoms with E-state index < -0.39 is 5.97 Å². The van der Waals surface area contributed by atoms with Crippen LogP contribution in [0.3, 0.4) is 0 Å². The largest absolute Gasteiger partial charge is 0.478 e. The van der Waals surface area contributed by atoms with Gasteiger partial charge in [-0.15, -0.1) is 0 Å². The van der Waals surface area contributed by atoms with Gasteiger partial charge in [-0.25, -0.2) is 4.79 Å². The molecule has 1 aromatic carbocycles. The Bertz CT molecular complexity index is 372. The highest BCUT2D eigenvalue weighted by Crippen LogP contribution is 2.39. The van der Waals surface area contributed by atoms with Crippen molar-refractivity contribution < 1.29 is 14.3 Å². The molecule has 0 bridgehead atoms. The van der Waals surface area contributed by atoms with Crippen molar-refractivity contribution in [2.75, 3.05) is 6.67 Å². The fourth-order valence-corrected chi connectivity index (χ4v) is 2.53. The number of aromatic carboxylic acids is 1. The number of carboxylic acids is 1. The summed E-state index contributed by atoms with van der Waals surface area (Å²) in [5.41, 5.74) is 1.36. The summed E-state index contributed by atoms with van der Waals surface area (Å²) in [5.74, 6) is -0.525. The second-order valence-corrected chi connectivity index (χ2v) is 4.38. The van der Waals surface area contributed by atoms with E-state index in [9.17, 15) is 9.18 Å². The van der Waals surface area contributed by atoms with Crippen LogP contribution < -0.4 is 0 Å². The van der Waals surface area contributed by atoms with Crippen LogP contribution in [0.2, 0.25) is 0 Å². The van der Waals surface area contributed by atoms with Crippen molar-refractivity contribution >= 4 is 5.97 Å². The normalized spacial score (nSPS) is 24.6. The number of hydrogen-bond acceptors (Lipinski definition) is 1. The van der Waals surface area contributed by atoms with E-state index in [1.807, 2.05) is 12.1 Å². The van der Waals surface area contributed by atoms with E-state index in [0.29, 0.717) is 5.56 Å². The first-order chi connectivity index (χ1) is 7.72. The van der Waals surface area contributed by atoms with E-state index in [1.54, 1.807) is 12.1 Å². The number of carbonyl (C=O) groups is 1. The number of halogens is 1. The van der Waals surface area contributed by atoms with Gasteiger partial charge in [-0.1, -0.05) is 18.6 Å². The fraction of sp³-hybridized carbons (Fsp3) is 0.462. The topological polar surface area (TPSA) is 37.3 Å².